The minimum atomic E-state index is -0.105. The van der Waals surface area contributed by atoms with Gasteiger partial charge in [0, 0.05) is 25.6 Å². The van der Waals surface area contributed by atoms with Gasteiger partial charge in [-0.15, -0.1) is 0 Å². The van der Waals surface area contributed by atoms with Crippen molar-refractivity contribution in [2.45, 2.75) is 57.9 Å². The summed E-state index contributed by atoms with van der Waals surface area (Å²) in [7, 11) is 0. The van der Waals surface area contributed by atoms with Crippen LogP contribution in [0.2, 0.25) is 0 Å². The van der Waals surface area contributed by atoms with E-state index in [0.29, 0.717) is 6.04 Å². The van der Waals surface area contributed by atoms with Crippen LogP contribution in [0.4, 0.5) is 0 Å². The highest BCUT2D eigenvalue weighted by Gasteiger charge is 2.47. The molecule has 2 heterocycles. The second-order valence-electron chi connectivity index (χ2n) is 6.65. The summed E-state index contributed by atoms with van der Waals surface area (Å²) in [4.78, 5) is 40.1. The van der Waals surface area contributed by atoms with Crippen molar-refractivity contribution < 1.29 is 14.4 Å². The molecule has 21 heavy (non-hydrogen) atoms. The van der Waals surface area contributed by atoms with E-state index in [0.717, 1.165) is 45.1 Å². The number of hydrogen-bond donors (Lipinski definition) is 0. The zero-order chi connectivity index (χ0) is 15.0. The molecule has 1 saturated carbocycles. The molecule has 5 nitrogen and oxygen atoms in total. The van der Waals surface area contributed by atoms with Crippen LogP contribution in [0.3, 0.4) is 0 Å². The fraction of sp³-hybridized carbons (Fsp3) is 0.812. The molecule has 0 aromatic carbocycles. The third kappa shape index (κ3) is 2.58. The Labute approximate surface area is 125 Å². The third-order valence-corrected chi connectivity index (χ3v) is 5.36. The van der Waals surface area contributed by atoms with Gasteiger partial charge in [0.25, 0.3) is 0 Å². The highest BCUT2D eigenvalue weighted by atomic mass is 16.2. The molecule has 3 amide bonds. The number of imide groups is 1. The van der Waals surface area contributed by atoms with Crippen LogP contribution in [0.15, 0.2) is 0 Å². The number of amides is 3. The zero-order valence-corrected chi connectivity index (χ0v) is 12.7. The Balaban J connectivity index is 1.59. The molecule has 0 aromatic rings. The first-order valence-electron chi connectivity index (χ1n) is 8.24. The van der Waals surface area contributed by atoms with Crippen LogP contribution in [-0.4, -0.2) is 46.7 Å². The van der Waals surface area contributed by atoms with Gasteiger partial charge in [-0.2, -0.15) is 0 Å². The predicted molar refractivity (Wildman–Crippen MR) is 77.2 cm³/mol. The summed E-state index contributed by atoms with van der Waals surface area (Å²) in [5.74, 6) is -0.200. The van der Waals surface area contributed by atoms with E-state index in [-0.39, 0.29) is 42.5 Å². The topological polar surface area (TPSA) is 57.7 Å². The van der Waals surface area contributed by atoms with Gasteiger partial charge in [0.1, 0.15) is 0 Å². The van der Waals surface area contributed by atoms with Crippen molar-refractivity contribution in [3.05, 3.63) is 0 Å². The lowest BCUT2D eigenvalue weighted by Crippen LogP contribution is -2.38. The van der Waals surface area contributed by atoms with Crippen molar-refractivity contribution >= 4 is 17.7 Å². The molecule has 2 aliphatic heterocycles. The maximum Gasteiger partial charge on any atom is 0.233 e. The highest BCUT2D eigenvalue weighted by Crippen LogP contribution is 2.38. The molecule has 5 heteroatoms. The molecule has 3 rings (SSSR count). The largest absolute Gasteiger partial charge is 0.340 e. The van der Waals surface area contributed by atoms with Crippen molar-refractivity contribution in [1.29, 1.82) is 0 Å². The van der Waals surface area contributed by atoms with Gasteiger partial charge >= 0.3 is 0 Å². The fourth-order valence-electron chi connectivity index (χ4n) is 4.11. The molecule has 3 atom stereocenters. The molecular weight excluding hydrogens is 268 g/mol. The lowest BCUT2D eigenvalue weighted by molar-refractivity contribution is -0.140. The first-order chi connectivity index (χ1) is 10.1. The molecule has 0 spiro atoms. The zero-order valence-electron chi connectivity index (χ0n) is 12.7. The number of carbonyl (C=O) groups is 3. The molecular formula is C16H24N2O3. The number of likely N-dealkylation sites (tertiary alicyclic amines) is 2. The van der Waals surface area contributed by atoms with Gasteiger partial charge < -0.3 is 4.90 Å². The highest BCUT2D eigenvalue weighted by molar-refractivity contribution is 6.05. The maximum absolute atomic E-state index is 12.3. The molecule has 0 radical (unpaired) electrons. The average molecular weight is 292 g/mol. The summed E-state index contributed by atoms with van der Waals surface area (Å²) in [6.07, 6.45) is 6.14. The van der Waals surface area contributed by atoms with Gasteiger partial charge in [-0.3, -0.25) is 19.3 Å². The Morgan fingerprint density at radius 2 is 1.67 bits per heavy atom. The summed E-state index contributed by atoms with van der Waals surface area (Å²) in [6.45, 7) is 3.14. The summed E-state index contributed by atoms with van der Waals surface area (Å²) in [5.41, 5.74) is 0. The van der Waals surface area contributed by atoms with Gasteiger partial charge in [0.15, 0.2) is 0 Å². The first-order valence-corrected chi connectivity index (χ1v) is 8.24. The van der Waals surface area contributed by atoms with Crippen molar-refractivity contribution in [3.63, 3.8) is 0 Å². The van der Waals surface area contributed by atoms with Gasteiger partial charge in [-0.25, -0.2) is 0 Å². The molecule has 0 bridgehead atoms. The van der Waals surface area contributed by atoms with Crippen LogP contribution < -0.4 is 0 Å². The number of rotatable bonds is 3. The molecule has 116 valence electrons. The molecule has 0 unspecified atom stereocenters. The van der Waals surface area contributed by atoms with E-state index in [2.05, 4.69) is 6.92 Å². The summed E-state index contributed by atoms with van der Waals surface area (Å²) < 4.78 is 0. The predicted octanol–water partition coefficient (Wildman–Crippen LogP) is 1.56. The minimum absolute atomic E-state index is 0.0352. The maximum atomic E-state index is 12.3. The van der Waals surface area contributed by atoms with Gasteiger partial charge in [-0.05, 0) is 32.6 Å². The third-order valence-electron chi connectivity index (χ3n) is 5.36. The summed E-state index contributed by atoms with van der Waals surface area (Å²) in [5, 5.41) is 0. The van der Waals surface area contributed by atoms with Crippen LogP contribution in [0, 0.1) is 11.8 Å². The second-order valence-corrected chi connectivity index (χ2v) is 6.65. The van der Waals surface area contributed by atoms with E-state index in [9.17, 15) is 14.4 Å². The van der Waals surface area contributed by atoms with E-state index < -0.39 is 0 Å². The van der Waals surface area contributed by atoms with E-state index in [1.54, 1.807) is 0 Å². The van der Waals surface area contributed by atoms with Crippen molar-refractivity contribution in [2.24, 2.45) is 11.8 Å². The SMILES string of the molecule is C[C@@H]1CCCN1C(=O)CCN1C(=O)[C@@H]2CCCC[C@H]2C1=O. The molecule has 1 aliphatic carbocycles. The van der Waals surface area contributed by atoms with E-state index in [1.807, 2.05) is 4.90 Å². The standard InChI is InChI=1S/C16H24N2O3/c1-11-5-4-9-17(11)14(19)8-10-18-15(20)12-6-2-3-7-13(12)16(18)21/h11-13H,2-10H2,1H3/t11-,12-,13-/m1/s1. The van der Waals surface area contributed by atoms with Gasteiger partial charge in [0.2, 0.25) is 17.7 Å². The molecule has 0 aromatic heterocycles. The molecule has 3 fully saturated rings. The summed E-state index contributed by atoms with van der Waals surface area (Å²) in [6, 6.07) is 0.296. The molecule has 2 saturated heterocycles. The number of nitrogens with zero attached hydrogens (tertiary/aromatic N) is 2. The average Bonchev–Trinajstić information content (AvgIpc) is 3.01. The van der Waals surface area contributed by atoms with Crippen molar-refractivity contribution in [1.82, 2.24) is 9.80 Å². The second kappa shape index (κ2) is 5.78. The van der Waals surface area contributed by atoms with Crippen LogP contribution in [0.1, 0.15) is 51.9 Å². The quantitative estimate of drug-likeness (QED) is 0.742. The lowest BCUT2D eigenvalue weighted by Gasteiger charge is -2.22. The molecule has 3 aliphatic rings. The monoisotopic (exact) mass is 292 g/mol. The normalized spacial score (nSPS) is 32.7. The Hall–Kier alpha value is -1.39. The number of carbonyl (C=O) groups excluding carboxylic acids is 3. The van der Waals surface area contributed by atoms with Crippen molar-refractivity contribution in [2.75, 3.05) is 13.1 Å². The van der Waals surface area contributed by atoms with Crippen molar-refractivity contribution in [3.8, 4) is 0 Å². The Morgan fingerprint density at radius 3 is 2.19 bits per heavy atom. The van der Waals surface area contributed by atoms with E-state index in [4.69, 9.17) is 0 Å². The van der Waals surface area contributed by atoms with Crippen LogP contribution in [-0.2, 0) is 14.4 Å². The Bertz CT molecular complexity index is 438. The van der Waals surface area contributed by atoms with Crippen LogP contribution in [0.25, 0.3) is 0 Å². The van der Waals surface area contributed by atoms with Crippen LogP contribution in [0.5, 0.6) is 0 Å². The minimum Gasteiger partial charge on any atom is -0.340 e. The summed E-state index contributed by atoms with van der Waals surface area (Å²) >= 11 is 0. The van der Waals surface area contributed by atoms with Gasteiger partial charge in [0.05, 0.1) is 11.8 Å². The van der Waals surface area contributed by atoms with E-state index >= 15 is 0 Å². The number of hydrogen-bond acceptors (Lipinski definition) is 3. The van der Waals surface area contributed by atoms with Gasteiger partial charge in [-0.1, -0.05) is 12.8 Å². The lowest BCUT2D eigenvalue weighted by atomic mass is 9.81. The molecule has 0 N–H and O–H groups in total. The Kier molecular flexibility index (Phi) is 4.00. The van der Waals surface area contributed by atoms with E-state index in [1.165, 1.54) is 4.90 Å². The first kappa shape index (κ1) is 14.5. The fourth-order valence-corrected chi connectivity index (χ4v) is 4.11. The number of fused-ring (bicyclic) bond motifs is 1. The Morgan fingerprint density at radius 1 is 1.05 bits per heavy atom. The van der Waals surface area contributed by atoms with Crippen LogP contribution >= 0.6 is 0 Å². The smallest absolute Gasteiger partial charge is 0.233 e.